The molecule has 1 heterocycles. The average Bonchev–Trinajstić information content (AvgIpc) is 2.24. The third kappa shape index (κ3) is 3.80. The Morgan fingerprint density at radius 3 is 3.00 bits per heavy atom. The van der Waals surface area contributed by atoms with Crippen molar-refractivity contribution in [3.8, 4) is 0 Å². The van der Waals surface area contributed by atoms with Gasteiger partial charge in [0.25, 0.3) is 0 Å². The summed E-state index contributed by atoms with van der Waals surface area (Å²) < 4.78 is 13.0. The Morgan fingerprint density at radius 1 is 1.60 bits per heavy atom. The number of hydrogen-bond donors (Lipinski definition) is 1. The Bertz CT molecular complexity index is 312. The van der Waals surface area contributed by atoms with Gasteiger partial charge in [-0.2, -0.15) is 0 Å². The molecule has 0 aliphatic carbocycles. The number of halogens is 1. The normalized spacial score (nSPS) is 12.4. The van der Waals surface area contributed by atoms with Gasteiger partial charge in [-0.05, 0) is 31.0 Å². The fourth-order valence-corrected chi connectivity index (χ4v) is 1.44. The maximum Gasteiger partial charge on any atom is 0.141 e. The van der Waals surface area contributed by atoms with Gasteiger partial charge in [-0.1, -0.05) is 13.0 Å². The Morgan fingerprint density at radius 2 is 2.40 bits per heavy atom. The molecule has 2 nitrogen and oxygen atoms in total. The molecule has 0 saturated carbocycles. The first-order valence-electron chi connectivity index (χ1n) is 5.22. The molecule has 0 aliphatic heterocycles. The average molecular weight is 208 g/mol. The molecule has 0 aromatic carbocycles. The van der Waals surface area contributed by atoms with Gasteiger partial charge in [0, 0.05) is 12.2 Å². The number of aromatic nitrogens is 1. The van der Waals surface area contributed by atoms with Crippen LogP contribution < -0.4 is 5.32 Å². The maximum absolute atomic E-state index is 13.0. The summed E-state index contributed by atoms with van der Waals surface area (Å²) in [5, 5.41) is 3.34. The fourth-order valence-electron chi connectivity index (χ4n) is 1.44. The molecule has 1 atom stereocenters. The molecule has 82 valence electrons. The molecule has 3 heteroatoms. The summed E-state index contributed by atoms with van der Waals surface area (Å²) in [7, 11) is 0. The third-order valence-corrected chi connectivity index (χ3v) is 2.17. The summed E-state index contributed by atoms with van der Waals surface area (Å²) in [6, 6.07) is 1.63. The zero-order valence-corrected chi connectivity index (χ0v) is 9.04. The first kappa shape index (κ1) is 11.9. The van der Waals surface area contributed by atoms with Crippen LogP contribution in [-0.4, -0.2) is 11.5 Å². The van der Waals surface area contributed by atoms with Crippen molar-refractivity contribution >= 4 is 0 Å². The molecule has 1 N–H and O–H groups in total. The van der Waals surface area contributed by atoms with Crippen molar-refractivity contribution in [1.82, 2.24) is 10.3 Å². The first-order chi connectivity index (χ1) is 7.27. The lowest BCUT2D eigenvalue weighted by molar-refractivity contribution is 0.529. The van der Waals surface area contributed by atoms with Crippen molar-refractivity contribution in [1.29, 1.82) is 0 Å². The Kier molecular flexibility index (Phi) is 4.98. The van der Waals surface area contributed by atoms with Gasteiger partial charge in [-0.25, -0.2) is 4.39 Å². The largest absolute Gasteiger partial charge is 0.310 e. The Labute approximate surface area is 90.2 Å². The number of nitrogens with one attached hydrogen (secondary N) is 1. The van der Waals surface area contributed by atoms with Gasteiger partial charge in [0.05, 0.1) is 6.20 Å². The quantitative estimate of drug-likeness (QED) is 0.727. The first-order valence-corrected chi connectivity index (χ1v) is 5.22. The van der Waals surface area contributed by atoms with Crippen LogP contribution in [0.15, 0.2) is 31.1 Å². The van der Waals surface area contributed by atoms with E-state index in [1.165, 1.54) is 12.3 Å². The summed E-state index contributed by atoms with van der Waals surface area (Å²) in [4.78, 5) is 3.85. The van der Waals surface area contributed by atoms with E-state index in [1.54, 1.807) is 6.20 Å². The number of pyridine rings is 1. The zero-order chi connectivity index (χ0) is 11.1. The summed E-state index contributed by atoms with van der Waals surface area (Å²) >= 11 is 0. The van der Waals surface area contributed by atoms with Gasteiger partial charge >= 0.3 is 0 Å². The van der Waals surface area contributed by atoms with E-state index in [9.17, 15) is 4.39 Å². The van der Waals surface area contributed by atoms with Gasteiger partial charge in [-0.15, -0.1) is 6.58 Å². The molecule has 0 radical (unpaired) electrons. The lowest BCUT2D eigenvalue weighted by atomic mass is 10.1. The topological polar surface area (TPSA) is 24.9 Å². The van der Waals surface area contributed by atoms with E-state index in [2.05, 4.69) is 23.8 Å². The summed E-state index contributed by atoms with van der Waals surface area (Å²) in [5.41, 5.74) is 0.878. The highest BCUT2D eigenvalue weighted by Crippen LogP contribution is 2.16. The van der Waals surface area contributed by atoms with E-state index in [0.29, 0.717) is 0 Å². The zero-order valence-electron chi connectivity index (χ0n) is 9.04. The fraction of sp³-hybridized carbons (Fsp3) is 0.417. The van der Waals surface area contributed by atoms with Gasteiger partial charge in [-0.3, -0.25) is 4.98 Å². The number of rotatable bonds is 6. The van der Waals surface area contributed by atoms with E-state index < -0.39 is 0 Å². The van der Waals surface area contributed by atoms with Crippen molar-refractivity contribution in [2.45, 2.75) is 25.8 Å². The van der Waals surface area contributed by atoms with Crippen molar-refractivity contribution in [3.05, 3.63) is 42.5 Å². The highest BCUT2D eigenvalue weighted by Gasteiger charge is 2.09. The second kappa shape index (κ2) is 6.30. The second-order valence-electron chi connectivity index (χ2n) is 3.47. The van der Waals surface area contributed by atoms with Crippen LogP contribution in [0, 0.1) is 5.82 Å². The standard InChI is InChI=1S/C12H17FN2/c1-3-5-12(15-6-4-2)10-7-11(13)9-14-8-10/h3,7-9,12,15H,1,4-6H2,2H3. The van der Waals surface area contributed by atoms with Gasteiger partial charge in [0.2, 0.25) is 0 Å². The smallest absolute Gasteiger partial charge is 0.141 e. The van der Waals surface area contributed by atoms with E-state index in [-0.39, 0.29) is 11.9 Å². The molecule has 15 heavy (non-hydrogen) atoms. The maximum atomic E-state index is 13.0. The van der Waals surface area contributed by atoms with Crippen LogP contribution in [0.25, 0.3) is 0 Å². The van der Waals surface area contributed by atoms with Crippen LogP contribution in [0.4, 0.5) is 4.39 Å². The van der Waals surface area contributed by atoms with Crippen LogP contribution >= 0.6 is 0 Å². The van der Waals surface area contributed by atoms with Crippen molar-refractivity contribution in [2.24, 2.45) is 0 Å². The van der Waals surface area contributed by atoms with Crippen LogP contribution in [0.1, 0.15) is 31.4 Å². The van der Waals surface area contributed by atoms with Crippen molar-refractivity contribution in [3.63, 3.8) is 0 Å². The monoisotopic (exact) mass is 208 g/mol. The predicted octanol–water partition coefficient (Wildman–Crippen LogP) is 2.84. The van der Waals surface area contributed by atoms with Gasteiger partial charge in [0.1, 0.15) is 5.82 Å². The molecule has 0 amide bonds. The Hall–Kier alpha value is -1.22. The lowest BCUT2D eigenvalue weighted by Gasteiger charge is -2.16. The summed E-state index contributed by atoms with van der Waals surface area (Å²) in [6.07, 6.45) is 6.58. The van der Waals surface area contributed by atoms with Crippen LogP contribution in [0.2, 0.25) is 0 Å². The van der Waals surface area contributed by atoms with Crippen LogP contribution in [0.5, 0.6) is 0 Å². The highest BCUT2D eigenvalue weighted by atomic mass is 19.1. The lowest BCUT2D eigenvalue weighted by Crippen LogP contribution is -2.21. The number of hydrogen-bond acceptors (Lipinski definition) is 2. The molecule has 0 spiro atoms. The number of nitrogens with zero attached hydrogens (tertiary/aromatic N) is 1. The molecule has 1 rings (SSSR count). The van der Waals surface area contributed by atoms with E-state index >= 15 is 0 Å². The third-order valence-electron chi connectivity index (χ3n) is 2.17. The Balaban J connectivity index is 2.73. The van der Waals surface area contributed by atoms with Crippen molar-refractivity contribution < 1.29 is 4.39 Å². The van der Waals surface area contributed by atoms with Crippen molar-refractivity contribution in [2.75, 3.05) is 6.54 Å². The SMILES string of the molecule is C=CCC(NCCC)c1cncc(F)c1. The van der Waals surface area contributed by atoms with E-state index in [0.717, 1.165) is 24.9 Å². The van der Waals surface area contributed by atoms with E-state index in [4.69, 9.17) is 0 Å². The van der Waals surface area contributed by atoms with Crippen LogP contribution in [-0.2, 0) is 0 Å². The van der Waals surface area contributed by atoms with E-state index in [1.807, 2.05) is 6.08 Å². The molecular weight excluding hydrogens is 191 g/mol. The molecule has 0 bridgehead atoms. The minimum absolute atomic E-state index is 0.116. The molecular formula is C12H17FN2. The van der Waals surface area contributed by atoms with Gasteiger partial charge < -0.3 is 5.32 Å². The van der Waals surface area contributed by atoms with Crippen LogP contribution in [0.3, 0.4) is 0 Å². The minimum Gasteiger partial charge on any atom is -0.310 e. The molecule has 0 saturated heterocycles. The molecule has 1 aromatic rings. The molecule has 0 aliphatic rings. The minimum atomic E-state index is -0.292. The molecule has 0 fully saturated rings. The predicted molar refractivity (Wildman–Crippen MR) is 60.0 cm³/mol. The van der Waals surface area contributed by atoms with Gasteiger partial charge in [0.15, 0.2) is 0 Å². The molecule has 1 aromatic heterocycles. The highest BCUT2D eigenvalue weighted by molar-refractivity contribution is 5.15. The summed E-state index contributed by atoms with van der Waals surface area (Å²) in [6.45, 7) is 6.71. The molecule has 1 unspecified atom stereocenters. The second-order valence-corrected chi connectivity index (χ2v) is 3.47. The summed E-state index contributed by atoms with van der Waals surface area (Å²) in [5.74, 6) is -0.292.